The molecule has 5 nitrogen and oxygen atoms in total. The smallest absolute Gasteiger partial charge is 0.220 e. The van der Waals surface area contributed by atoms with E-state index >= 15 is 0 Å². The Kier molecular flexibility index (Phi) is 8.14. The van der Waals surface area contributed by atoms with Gasteiger partial charge in [0.05, 0.1) is 6.54 Å². The van der Waals surface area contributed by atoms with Crippen molar-refractivity contribution in [3.05, 3.63) is 35.4 Å². The van der Waals surface area contributed by atoms with Crippen LogP contribution in [-0.4, -0.2) is 29.6 Å². The number of hydrogen-bond acceptors (Lipinski definition) is 3. The molecule has 0 radical (unpaired) electrons. The number of aryl methyl sites for hydroxylation is 1. The zero-order chi connectivity index (χ0) is 17.2. The average Bonchev–Trinajstić information content (AvgIpc) is 2.53. The van der Waals surface area contributed by atoms with Gasteiger partial charge in [0.1, 0.15) is 0 Å². The van der Waals surface area contributed by atoms with Crippen LogP contribution in [0.3, 0.4) is 0 Å². The second-order valence-corrected chi connectivity index (χ2v) is 5.94. The fraction of sp³-hybridized carbons (Fsp3) is 0.556. The third-order valence-corrected chi connectivity index (χ3v) is 3.77. The lowest BCUT2D eigenvalue weighted by molar-refractivity contribution is -0.123. The van der Waals surface area contributed by atoms with Gasteiger partial charge in [0, 0.05) is 31.1 Å². The molecule has 0 bridgehead atoms. The molecule has 0 aliphatic rings. The van der Waals surface area contributed by atoms with Gasteiger partial charge in [-0.1, -0.05) is 19.1 Å². The Labute approximate surface area is 138 Å². The summed E-state index contributed by atoms with van der Waals surface area (Å²) in [5.41, 5.74) is 1.89. The first kappa shape index (κ1) is 19.0. The molecule has 0 aromatic heterocycles. The molecule has 0 saturated heterocycles. The van der Waals surface area contributed by atoms with Gasteiger partial charge in [-0.3, -0.25) is 9.59 Å². The van der Waals surface area contributed by atoms with E-state index in [2.05, 4.69) is 22.8 Å². The molecule has 126 valence electrons. The summed E-state index contributed by atoms with van der Waals surface area (Å²) >= 11 is 0. The molecule has 0 saturated carbocycles. The van der Waals surface area contributed by atoms with E-state index in [1.807, 2.05) is 32.9 Å². The number of carbonyl (C=O) groups excluding carboxylic acids is 2. The molecule has 3 N–H and O–H groups in total. The van der Waals surface area contributed by atoms with Gasteiger partial charge in [-0.05, 0) is 43.9 Å². The molecule has 23 heavy (non-hydrogen) atoms. The lowest BCUT2D eigenvalue weighted by Crippen LogP contribution is -2.38. The highest BCUT2D eigenvalue weighted by molar-refractivity contribution is 5.79. The molecule has 0 aliphatic carbocycles. The van der Waals surface area contributed by atoms with Gasteiger partial charge in [-0.15, -0.1) is 0 Å². The molecule has 2 amide bonds. The van der Waals surface area contributed by atoms with Crippen LogP contribution in [0.1, 0.15) is 44.2 Å². The van der Waals surface area contributed by atoms with Crippen molar-refractivity contribution < 1.29 is 14.7 Å². The fourth-order valence-corrected chi connectivity index (χ4v) is 1.91. The molecule has 2 unspecified atom stereocenters. The normalized spacial score (nSPS) is 12.9. The predicted molar refractivity (Wildman–Crippen MR) is 88.4 cm³/mol. The molecule has 1 aromatic rings. The fourth-order valence-electron chi connectivity index (χ4n) is 1.91. The largest absolute Gasteiger partial charge is 0.396 e. The van der Waals surface area contributed by atoms with E-state index in [4.69, 9.17) is 5.11 Å². The van der Waals surface area contributed by atoms with E-state index in [0.717, 1.165) is 11.1 Å². The quantitative estimate of drug-likeness (QED) is 0.646. The van der Waals surface area contributed by atoms with Gasteiger partial charge in [0.15, 0.2) is 0 Å². The molecule has 2 atom stereocenters. The number of nitrogens with one attached hydrogen (secondary N) is 2. The van der Waals surface area contributed by atoms with Crippen LogP contribution >= 0.6 is 0 Å². The SMILES string of the molecule is Cc1c#cc(CNC(=O)CCCC(=O)NC(C)C(C)CO)cc1. The Bertz CT molecular complexity index is 499. The van der Waals surface area contributed by atoms with Gasteiger partial charge >= 0.3 is 0 Å². The van der Waals surface area contributed by atoms with E-state index in [1.54, 1.807) is 0 Å². The van der Waals surface area contributed by atoms with Gasteiger partial charge < -0.3 is 15.7 Å². The van der Waals surface area contributed by atoms with Crippen molar-refractivity contribution in [2.75, 3.05) is 6.61 Å². The second-order valence-electron chi connectivity index (χ2n) is 5.94. The zero-order valence-corrected chi connectivity index (χ0v) is 14.1. The van der Waals surface area contributed by atoms with Gasteiger partial charge in [0.2, 0.25) is 11.8 Å². The Hall–Kier alpha value is -2.06. The highest BCUT2D eigenvalue weighted by atomic mass is 16.3. The molecule has 0 aliphatic heterocycles. The Balaban J connectivity index is 2.18. The standard InChI is InChI=1S/C18H26N2O3/c1-13-7-9-16(10-8-13)11-19-17(22)5-4-6-18(23)20-15(3)14(2)12-21/h7,9,14-15,21H,4-6,11-12H2,1-3H3,(H,19,22)(H,20,23). The average molecular weight is 318 g/mol. The molecule has 0 heterocycles. The van der Waals surface area contributed by atoms with Crippen LogP contribution in [0.4, 0.5) is 0 Å². The number of aliphatic hydroxyl groups is 1. The first-order chi connectivity index (χ1) is 10.9. The van der Waals surface area contributed by atoms with Gasteiger partial charge in [0.25, 0.3) is 0 Å². The molecule has 0 spiro atoms. The summed E-state index contributed by atoms with van der Waals surface area (Å²) in [4.78, 5) is 23.5. The maximum atomic E-state index is 11.7. The van der Waals surface area contributed by atoms with Crippen molar-refractivity contribution in [1.82, 2.24) is 10.6 Å². The topological polar surface area (TPSA) is 78.4 Å². The minimum absolute atomic E-state index is 0.0183. The van der Waals surface area contributed by atoms with E-state index < -0.39 is 0 Å². The highest BCUT2D eigenvalue weighted by Gasteiger charge is 2.13. The van der Waals surface area contributed by atoms with Crippen molar-refractivity contribution in [2.45, 2.75) is 52.6 Å². The van der Waals surface area contributed by atoms with Crippen LogP contribution in [0.5, 0.6) is 0 Å². The third kappa shape index (κ3) is 7.66. The van der Waals surface area contributed by atoms with E-state index in [-0.39, 0.29) is 30.4 Å². The molecule has 0 fully saturated rings. The predicted octanol–water partition coefficient (Wildman–Crippen LogP) is 1.51. The van der Waals surface area contributed by atoms with Crippen LogP contribution in [0.2, 0.25) is 0 Å². The first-order valence-corrected chi connectivity index (χ1v) is 7.98. The van der Waals surface area contributed by atoms with E-state index in [0.29, 0.717) is 25.8 Å². The molecule has 1 rings (SSSR count). The van der Waals surface area contributed by atoms with Crippen LogP contribution in [0, 0.1) is 25.0 Å². The summed E-state index contributed by atoms with van der Waals surface area (Å²) in [5, 5.41) is 14.7. The lowest BCUT2D eigenvalue weighted by Gasteiger charge is -2.19. The first-order valence-electron chi connectivity index (χ1n) is 7.98. The van der Waals surface area contributed by atoms with Gasteiger partial charge in [-0.25, -0.2) is 0 Å². The van der Waals surface area contributed by atoms with Crippen molar-refractivity contribution >= 4 is 11.8 Å². The number of amides is 2. The third-order valence-electron chi connectivity index (χ3n) is 3.77. The Morgan fingerprint density at radius 1 is 1.17 bits per heavy atom. The van der Waals surface area contributed by atoms with Crippen LogP contribution in [0.25, 0.3) is 0 Å². The molecular formula is C18H26N2O3. The molecular weight excluding hydrogens is 292 g/mol. The summed E-state index contributed by atoms with van der Waals surface area (Å²) in [5.74, 6) is -0.152. The second kappa shape index (κ2) is 9.86. The summed E-state index contributed by atoms with van der Waals surface area (Å²) < 4.78 is 0. The number of carbonyl (C=O) groups is 2. The maximum Gasteiger partial charge on any atom is 0.220 e. The Morgan fingerprint density at radius 3 is 2.48 bits per heavy atom. The zero-order valence-electron chi connectivity index (χ0n) is 14.1. The summed E-state index contributed by atoms with van der Waals surface area (Å²) in [6, 6.07) is 9.71. The molecule has 1 aromatic carbocycles. The summed E-state index contributed by atoms with van der Waals surface area (Å²) in [6.45, 7) is 6.13. The monoisotopic (exact) mass is 318 g/mol. The number of hydrogen-bond donors (Lipinski definition) is 3. The maximum absolute atomic E-state index is 11.7. The summed E-state index contributed by atoms with van der Waals surface area (Å²) in [6.07, 6.45) is 1.12. The van der Waals surface area contributed by atoms with Crippen LogP contribution < -0.4 is 10.6 Å². The van der Waals surface area contributed by atoms with Crippen molar-refractivity contribution in [2.24, 2.45) is 5.92 Å². The minimum atomic E-state index is -0.0907. The highest BCUT2D eigenvalue weighted by Crippen LogP contribution is 2.03. The number of aliphatic hydroxyl groups excluding tert-OH is 1. The van der Waals surface area contributed by atoms with E-state index in [1.165, 1.54) is 0 Å². The van der Waals surface area contributed by atoms with Crippen LogP contribution in [0.15, 0.2) is 12.1 Å². The van der Waals surface area contributed by atoms with Crippen molar-refractivity contribution in [3.63, 3.8) is 0 Å². The van der Waals surface area contributed by atoms with E-state index in [9.17, 15) is 9.59 Å². The minimum Gasteiger partial charge on any atom is -0.396 e. The van der Waals surface area contributed by atoms with Crippen molar-refractivity contribution in [3.8, 4) is 0 Å². The lowest BCUT2D eigenvalue weighted by atomic mass is 10.0. The summed E-state index contributed by atoms with van der Waals surface area (Å²) in [7, 11) is 0. The number of rotatable bonds is 9. The van der Waals surface area contributed by atoms with Gasteiger partial charge in [-0.2, -0.15) is 0 Å². The Morgan fingerprint density at radius 2 is 1.87 bits per heavy atom. The molecule has 5 heteroatoms. The van der Waals surface area contributed by atoms with Crippen LogP contribution in [-0.2, 0) is 16.1 Å². The van der Waals surface area contributed by atoms with Crippen molar-refractivity contribution in [1.29, 1.82) is 0 Å².